The molecule has 0 radical (unpaired) electrons. The van der Waals surface area contributed by atoms with Crippen LogP contribution in [-0.4, -0.2) is 92.5 Å². The number of rotatable bonds is 11. The molecule has 12 heteroatoms. The Kier molecular flexibility index (Phi) is 8.71. The van der Waals surface area contributed by atoms with E-state index in [2.05, 4.69) is 43.0 Å². The Balaban J connectivity index is 1.03. The molecule has 222 valence electrons. The molecule has 1 aliphatic heterocycles. The van der Waals surface area contributed by atoms with Gasteiger partial charge in [0.05, 0.1) is 31.2 Å². The fraction of sp³-hybridized carbons (Fsp3) is 0.533. The van der Waals surface area contributed by atoms with Crippen LogP contribution in [0.15, 0.2) is 42.9 Å². The topological polar surface area (TPSA) is 128 Å². The lowest BCUT2D eigenvalue weighted by Crippen LogP contribution is -2.38. The number of fused-ring (bicyclic) bond motifs is 1. The third kappa shape index (κ3) is 6.60. The highest BCUT2D eigenvalue weighted by Gasteiger charge is 2.30. The fourth-order valence-electron chi connectivity index (χ4n) is 5.99. The molecule has 6 rings (SSSR count). The van der Waals surface area contributed by atoms with Gasteiger partial charge in [-0.25, -0.2) is 4.98 Å². The number of likely N-dealkylation sites (tertiary alicyclic amines) is 1. The number of piperidine rings is 1. The summed E-state index contributed by atoms with van der Waals surface area (Å²) in [6.07, 6.45) is 10.8. The first-order valence-electron chi connectivity index (χ1n) is 15.0. The van der Waals surface area contributed by atoms with Crippen molar-refractivity contribution in [1.82, 2.24) is 45.0 Å². The monoisotopic (exact) mass is 572 g/mol. The molecule has 0 spiro atoms. The highest BCUT2D eigenvalue weighted by atomic mass is 16.5. The molecule has 2 aliphatic rings. The lowest BCUT2D eigenvalue weighted by Gasteiger charge is -2.29. The first kappa shape index (κ1) is 28.2. The number of carbonyl (C=O) groups excluding carboxylic acids is 1. The van der Waals surface area contributed by atoms with Gasteiger partial charge in [-0.05, 0) is 81.8 Å². The number of nitrogens with zero attached hydrogens (tertiary/aromatic N) is 8. The number of ether oxygens (including phenoxy) is 1. The van der Waals surface area contributed by atoms with Gasteiger partial charge in [0.1, 0.15) is 0 Å². The van der Waals surface area contributed by atoms with Gasteiger partial charge < -0.3 is 20.3 Å². The standard InChI is InChI=1S/C30H40N10O2/c1-38-11-9-21(10-12-38)16-31-29(41)24-4-3-22(15-24)17-32-30-33-19-27-28(35-30)40(37-36-27)26-7-5-23(6-8-26)25-18-34-39(20-25)13-14-42-2/h5-8,18-22,24H,3-4,9-17H2,1-2H3,(H,31,41)(H,32,33,35)/t22?,24-/m1/s1. The number of amides is 1. The van der Waals surface area contributed by atoms with Gasteiger partial charge in [0.2, 0.25) is 11.9 Å². The zero-order valence-corrected chi connectivity index (χ0v) is 24.4. The van der Waals surface area contributed by atoms with Crippen molar-refractivity contribution in [3.05, 3.63) is 42.9 Å². The zero-order chi connectivity index (χ0) is 28.9. The quantitative estimate of drug-likeness (QED) is 0.279. The summed E-state index contributed by atoms with van der Waals surface area (Å²) in [6, 6.07) is 8.09. The lowest BCUT2D eigenvalue weighted by atomic mass is 9.96. The molecule has 0 bridgehead atoms. The average Bonchev–Trinajstić information content (AvgIpc) is 3.79. The number of hydrogen-bond acceptors (Lipinski definition) is 9. The van der Waals surface area contributed by atoms with Crippen molar-refractivity contribution in [3.8, 4) is 16.8 Å². The van der Waals surface area contributed by atoms with Gasteiger partial charge in [-0.3, -0.25) is 9.48 Å². The molecule has 4 aromatic rings. The van der Waals surface area contributed by atoms with Crippen molar-refractivity contribution in [1.29, 1.82) is 0 Å². The molecule has 1 saturated carbocycles. The van der Waals surface area contributed by atoms with Gasteiger partial charge in [0, 0.05) is 37.9 Å². The maximum absolute atomic E-state index is 12.8. The molecular formula is C30H40N10O2. The van der Waals surface area contributed by atoms with E-state index < -0.39 is 0 Å². The molecule has 1 unspecified atom stereocenters. The van der Waals surface area contributed by atoms with Crippen molar-refractivity contribution in [2.24, 2.45) is 17.8 Å². The van der Waals surface area contributed by atoms with Crippen LogP contribution >= 0.6 is 0 Å². The SMILES string of the molecule is COCCn1cc(-c2ccc(-n3nnc4cnc(NCC5CC[C@@H](C(=O)NCC6CCN(C)CC6)C5)nc43)cc2)cn1. The molecule has 42 heavy (non-hydrogen) atoms. The van der Waals surface area contributed by atoms with E-state index in [0.29, 0.717) is 42.1 Å². The fourth-order valence-corrected chi connectivity index (χ4v) is 5.99. The molecule has 12 nitrogen and oxygen atoms in total. The van der Waals surface area contributed by atoms with E-state index >= 15 is 0 Å². The number of hydrogen-bond donors (Lipinski definition) is 2. The van der Waals surface area contributed by atoms with Gasteiger partial charge in [-0.1, -0.05) is 17.3 Å². The van der Waals surface area contributed by atoms with Crippen LogP contribution in [0.5, 0.6) is 0 Å². The van der Waals surface area contributed by atoms with Crippen LogP contribution in [0.3, 0.4) is 0 Å². The van der Waals surface area contributed by atoms with Crippen molar-refractivity contribution in [3.63, 3.8) is 0 Å². The molecule has 1 saturated heterocycles. The highest BCUT2D eigenvalue weighted by Crippen LogP contribution is 2.31. The number of anilines is 1. The Morgan fingerprint density at radius 3 is 2.67 bits per heavy atom. The van der Waals surface area contributed by atoms with Gasteiger partial charge in [0.25, 0.3) is 0 Å². The number of benzene rings is 1. The van der Waals surface area contributed by atoms with E-state index in [9.17, 15) is 4.79 Å². The summed E-state index contributed by atoms with van der Waals surface area (Å²) in [5.41, 5.74) is 4.24. The van der Waals surface area contributed by atoms with Crippen LogP contribution in [0.25, 0.3) is 28.0 Å². The summed E-state index contributed by atoms with van der Waals surface area (Å²) in [7, 11) is 3.85. The molecule has 2 N–H and O–H groups in total. The molecule has 1 amide bonds. The first-order valence-corrected chi connectivity index (χ1v) is 15.0. The maximum Gasteiger partial charge on any atom is 0.224 e. The minimum Gasteiger partial charge on any atom is -0.383 e. The minimum atomic E-state index is 0.0970. The normalized spacial score (nSPS) is 19.9. The van der Waals surface area contributed by atoms with Gasteiger partial charge in [-0.15, -0.1) is 5.10 Å². The Morgan fingerprint density at radius 2 is 1.86 bits per heavy atom. The Labute approximate surface area is 245 Å². The Bertz CT molecular complexity index is 1480. The summed E-state index contributed by atoms with van der Waals surface area (Å²) in [4.78, 5) is 24.4. The minimum absolute atomic E-state index is 0.0970. The maximum atomic E-state index is 12.8. The van der Waals surface area contributed by atoms with Gasteiger partial charge in [0.15, 0.2) is 11.2 Å². The van der Waals surface area contributed by atoms with E-state index in [1.165, 1.54) is 12.8 Å². The van der Waals surface area contributed by atoms with E-state index in [-0.39, 0.29) is 11.8 Å². The summed E-state index contributed by atoms with van der Waals surface area (Å²) in [5.74, 6) is 1.88. The summed E-state index contributed by atoms with van der Waals surface area (Å²) in [5, 5.41) is 19.6. The van der Waals surface area contributed by atoms with E-state index in [0.717, 1.165) is 62.3 Å². The Morgan fingerprint density at radius 1 is 1.02 bits per heavy atom. The van der Waals surface area contributed by atoms with Crippen LogP contribution in [0.4, 0.5) is 5.95 Å². The largest absolute Gasteiger partial charge is 0.383 e. The van der Waals surface area contributed by atoms with Crippen molar-refractivity contribution in [2.75, 3.05) is 52.3 Å². The van der Waals surface area contributed by atoms with Gasteiger partial charge >= 0.3 is 0 Å². The second kappa shape index (κ2) is 13.0. The first-order chi connectivity index (χ1) is 20.6. The molecule has 2 atom stereocenters. The average molecular weight is 573 g/mol. The third-order valence-electron chi connectivity index (χ3n) is 8.66. The van der Waals surface area contributed by atoms with E-state index in [1.807, 2.05) is 41.3 Å². The summed E-state index contributed by atoms with van der Waals surface area (Å²) < 4.78 is 8.74. The number of methoxy groups -OCH3 is 1. The van der Waals surface area contributed by atoms with Crippen LogP contribution < -0.4 is 10.6 Å². The number of nitrogens with one attached hydrogen (secondary N) is 2. The second-order valence-electron chi connectivity index (χ2n) is 11.7. The number of aromatic nitrogens is 7. The predicted molar refractivity (Wildman–Crippen MR) is 160 cm³/mol. The lowest BCUT2D eigenvalue weighted by molar-refractivity contribution is -0.125. The second-order valence-corrected chi connectivity index (χ2v) is 11.7. The van der Waals surface area contributed by atoms with Crippen LogP contribution in [0.2, 0.25) is 0 Å². The van der Waals surface area contributed by atoms with Crippen LogP contribution in [0, 0.1) is 17.8 Å². The van der Waals surface area contributed by atoms with Crippen LogP contribution in [0.1, 0.15) is 32.1 Å². The molecule has 1 aliphatic carbocycles. The van der Waals surface area contributed by atoms with Crippen molar-refractivity contribution in [2.45, 2.75) is 38.6 Å². The molecule has 2 fully saturated rings. The van der Waals surface area contributed by atoms with Crippen molar-refractivity contribution < 1.29 is 9.53 Å². The molecule has 1 aromatic carbocycles. The van der Waals surface area contributed by atoms with Crippen LogP contribution in [-0.2, 0) is 16.1 Å². The smallest absolute Gasteiger partial charge is 0.224 e. The molecule has 3 aromatic heterocycles. The molecular weight excluding hydrogens is 532 g/mol. The van der Waals surface area contributed by atoms with E-state index in [4.69, 9.17) is 9.72 Å². The Hall–Kier alpha value is -3.90. The summed E-state index contributed by atoms with van der Waals surface area (Å²) >= 11 is 0. The highest BCUT2D eigenvalue weighted by molar-refractivity contribution is 5.79. The molecule has 4 heterocycles. The summed E-state index contributed by atoms with van der Waals surface area (Å²) in [6.45, 7) is 5.12. The number of carbonyl (C=O) groups is 1. The predicted octanol–water partition coefficient (Wildman–Crippen LogP) is 3.01. The van der Waals surface area contributed by atoms with Gasteiger partial charge in [-0.2, -0.15) is 14.8 Å². The third-order valence-corrected chi connectivity index (χ3v) is 8.66. The van der Waals surface area contributed by atoms with E-state index in [1.54, 1.807) is 18.0 Å². The zero-order valence-electron chi connectivity index (χ0n) is 24.4. The van der Waals surface area contributed by atoms with Crippen molar-refractivity contribution >= 4 is 23.0 Å².